The lowest BCUT2D eigenvalue weighted by atomic mass is 9.86. The Bertz CT molecular complexity index is 626. The van der Waals surface area contributed by atoms with Gasteiger partial charge in [0.2, 0.25) is 0 Å². The molecule has 0 spiro atoms. The number of hydrogen-bond donors (Lipinski definition) is 3. The number of carboxylic acids is 1. The number of halogens is 2. The summed E-state index contributed by atoms with van der Waals surface area (Å²) in [4.78, 5) is 23.1. The maximum Gasteiger partial charge on any atom is 0.315 e. The Labute approximate surface area is 139 Å². The summed E-state index contributed by atoms with van der Waals surface area (Å²) in [5.41, 5.74) is -0.428. The van der Waals surface area contributed by atoms with E-state index in [1.165, 1.54) is 6.07 Å². The van der Waals surface area contributed by atoms with Crippen molar-refractivity contribution in [2.45, 2.75) is 51.1 Å². The third-order valence-corrected chi connectivity index (χ3v) is 4.48. The molecule has 7 heteroatoms. The number of rotatable bonds is 4. The number of aliphatic carboxylic acids is 1. The standard InChI is InChI=1S/C17H22F2N2O3/c1-17(2,11-5-8-13(18)14(19)9-11)21-16(24)20-12-6-3-10(4-7-12)15(22)23/h5,8-10,12H,3-4,6-7H2,1-2H3,(H,22,23)(H2,20,21,24). The lowest BCUT2D eigenvalue weighted by molar-refractivity contribution is -0.142. The molecular formula is C17H22F2N2O3. The van der Waals surface area contributed by atoms with Crippen molar-refractivity contribution in [3.63, 3.8) is 0 Å². The van der Waals surface area contributed by atoms with Gasteiger partial charge >= 0.3 is 12.0 Å². The van der Waals surface area contributed by atoms with Gasteiger partial charge in [0.05, 0.1) is 11.5 Å². The molecule has 0 atom stereocenters. The van der Waals surface area contributed by atoms with Crippen molar-refractivity contribution in [1.82, 2.24) is 10.6 Å². The second-order valence-corrected chi connectivity index (χ2v) is 6.74. The Morgan fingerprint density at radius 3 is 2.29 bits per heavy atom. The predicted molar refractivity (Wildman–Crippen MR) is 84.4 cm³/mol. The quantitative estimate of drug-likeness (QED) is 0.788. The highest BCUT2D eigenvalue weighted by atomic mass is 19.2. The van der Waals surface area contributed by atoms with Crippen LogP contribution in [-0.2, 0) is 10.3 Å². The molecule has 2 amide bonds. The van der Waals surface area contributed by atoms with Gasteiger partial charge in [-0.2, -0.15) is 0 Å². The average Bonchev–Trinajstić information content (AvgIpc) is 2.49. The summed E-state index contributed by atoms with van der Waals surface area (Å²) in [5.74, 6) is -3.04. The number of carbonyl (C=O) groups is 2. The normalized spacial score (nSPS) is 21.2. The number of carbonyl (C=O) groups excluding carboxylic acids is 1. The molecule has 0 heterocycles. The first kappa shape index (κ1) is 18.2. The number of urea groups is 1. The van der Waals surface area contributed by atoms with E-state index < -0.39 is 29.2 Å². The summed E-state index contributed by atoms with van der Waals surface area (Å²) in [5, 5.41) is 14.5. The molecule has 1 aromatic carbocycles. The average molecular weight is 340 g/mol. The van der Waals surface area contributed by atoms with Crippen LogP contribution in [0.4, 0.5) is 13.6 Å². The van der Waals surface area contributed by atoms with Crippen LogP contribution in [0.3, 0.4) is 0 Å². The largest absolute Gasteiger partial charge is 0.481 e. The minimum atomic E-state index is -0.963. The Balaban J connectivity index is 1.91. The number of nitrogens with one attached hydrogen (secondary N) is 2. The van der Waals surface area contributed by atoms with E-state index in [0.717, 1.165) is 12.1 Å². The van der Waals surface area contributed by atoms with Crippen LogP contribution in [0.15, 0.2) is 18.2 Å². The van der Waals surface area contributed by atoms with Gasteiger partial charge < -0.3 is 15.7 Å². The lowest BCUT2D eigenvalue weighted by Gasteiger charge is -2.31. The van der Waals surface area contributed by atoms with E-state index in [9.17, 15) is 18.4 Å². The summed E-state index contributed by atoms with van der Waals surface area (Å²) in [7, 11) is 0. The minimum absolute atomic E-state index is 0.0821. The smallest absolute Gasteiger partial charge is 0.315 e. The van der Waals surface area contributed by atoms with Gasteiger partial charge in [0.15, 0.2) is 11.6 Å². The molecule has 1 fully saturated rings. The van der Waals surface area contributed by atoms with Crippen molar-refractivity contribution in [3.8, 4) is 0 Å². The minimum Gasteiger partial charge on any atom is -0.481 e. The monoisotopic (exact) mass is 340 g/mol. The highest BCUT2D eigenvalue weighted by molar-refractivity contribution is 5.75. The molecule has 2 rings (SSSR count). The van der Waals surface area contributed by atoms with Gasteiger partial charge in [0.1, 0.15) is 0 Å². The van der Waals surface area contributed by atoms with Gasteiger partial charge in [-0.05, 0) is 57.2 Å². The van der Waals surface area contributed by atoms with E-state index in [2.05, 4.69) is 10.6 Å². The van der Waals surface area contributed by atoms with E-state index in [1.807, 2.05) is 0 Å². The molecule has 1 aromatic rings. The number of hydrogen-bond acceptors (Lipinski definition) is 2. The topological polar surface area (TPSA) is 78.4 Å². The van der Waals surface area contributed by atoms with Crippen molar-refractivity contribution in [2.24, 2.45) is 5.92 Å². The highest BCUT2D eigenvalue weighted by Crippen LogP contribution is 2.25. The van der Waals surface area contributed by atoms with E-state index in [1.54, 1.807) is 13.8 Å². The summed E-state index contributed by atoms with van der Waals surface area (Å²) >= 11 is 0. The molecule has 0 bridgehead atoms. The van der Waals surface area contributed by atoms with Crippen LogP contribution in [-0.4, -0.2) is 23.1 Å². The number of amides is 2. The fraction of sp³-hybridized carbons (Fsp3) is 0.529. The lowest BCUT2D eigenvalue weighted by Crippen LogP contribution is -2.50. The first-order chi connectivity index (χ1) is 11.2. The molecule has 0 unspecified atom stereocenters. The molecule has 24 heavy (non-hydrogen) atoms. The molecule has 132 valence electrons. The van der Waals surface area contributed by atoms with E-state index in [0.29, 0.717) is 31.2 Å². The molecule has 1 aliphatic rings. The van der Waals surface area contributed by atoms with Crippen LogP contribution in [0.25, 0.3) is 0 Å². The van der Waals surface area contributed by atoms with Gasteiger partial charge in [-0.1, -0.05) is 6.07 Å². The first-order valence-corrected chi connectivity index (χ1v) is 7.96. The maximum atomic E-state index is 13.4. The molecule has 0 saturated heterocycles. The van der Waals surface area contributed by atoms with E-state index in [4.69, 9.17) is 5.11 Å². The van der Waals surface area contributed by atoms with Crippen LogP contribution in [0.5, 0.6) is 0 Å². The highest BCUT2D eigenvalue weighted by Gasteiger charge is 2.29. The van der Waals surface area contributed by atoms with Crippen molar-refractivity contribution in [2.75, 3.05) is 0 Å². The summed E-state index contributed by atoms with van der Waals surface area (Å²) in [6.07, 6.45) is 2.28. The third-order valence-electron chi connectivity index (χ3n) is 4.48. The Morgan fingerprint density at radius 1 is 1.12 bits per heavy atom. The Morgan fingerprint density at radius 2 is 1.75 bits per heavy atom. The zero-order valence-corrected chi connectivity index (χ0v) is 13.7. The molecule has 1 aliphatic carbocycles. The van der Waals surface area contributed by atoms with Crippen LogP contribution in [0.2, 0.25) is 0 Å². The van der Waals surface area contributed by atoms with Gasteiger partial charge in [0.25, 0.3) is 0 Å². The third kappa shape index (κ3) is 4.43. The summed E-state index contributed by atoms with van der Waals surface area (Å²) < 4.78 is 26.4. The number of carboxylic acid groups (broad SMARTS) is 1. The van der Waals surface area contributed by atoms with Gasteiger partial charge in [-0.3, -0.25) is 4.79 Å². The zero-order chi connectivity index (χ0) is 17.9. The fourth-order valence-corrected chi connectivity index (χ4v) is 2.95. The van der Waals surface area contributed by atoms with Gasteiger partial charge in [0, 0.05) is 6.04 Å². The predicted octanol–water partition coefficient (Wildman–Crippen LogP) is 3.14. The number of benzene rings is 1. The van der Waals surface area contributed by atoms with E-state index in [-0.39, 0.29) is 12.0 Å². The van der Waals surface area contributed by atoms with Crippen molar-refractivity contribution < 1.29 is 23.5 Å². The van der Waals surface area contributed by atoms with E-state index >= 15 is 0 Å². The van der Waals surface area contributed by atoms with Gasteiger partial charge in [-0.15, -0.1) is 0 Å². The second-order valence-electron chi connectivity index (χ2n) is 6.74. The van der Waals surface area contributed by atoms with Crippen molar-refractivity contribution in [3.05, 3.63) is 35.4 Å². The Hall–Kier alpha value is -2.18. The molecule has 0 aliphatic heterocycles. The molecular weight excluding hydrogens is 318 g/mol. The molecule has 1 saturated carbocycles. The summed E-state index contributed by atoms with van der Waals surface area (Å²) in [6, 6.07) is 3.02. The first-order valence-electron chi connectivity index (χ1n) is 7.96. The zero-order valence-electron chi connectivity index (χ0n) is 13.7. The summed E-state index contributed by atoms with van der Waals surface area (Å²) in [6.45, 7) is 3.39. The molecule has 0 aromatic heterocycles. The van der Waals surface area contributed by atoms with Crippen molar-refractivity contribution in [1.29, 1.82) is 0 Å². The van der Waals surface area contributed by atoms with Gasteiger partial charge in [-0.25, -0.2) is 13.6 Å². The maximum absolute atomic E-state index is 13.4. The van der Waals surface area contributed by atoms with Crippen LogP contribution >= 0.6 is 0 Å². The molecule has 0 radical (unpaired) electrons. The second kappa shape index (κ2) is 7.15. The van der Waals surface area contributed by atoms with Crippen LogP contribution < -0.4 is 10.6 Å². The fourth-order valence-electron chi connectivity index (χ4n) is 2.95. The SMILES string of the molecule is CC(C)(NC(=O)NC1CCC(C(=O)O)CC1)c1ccc(F)c(F)c1. The van der Waals surface area contributed by atoms with Crippen LogP contribution in [0, 0.1) is 17.6 Å². The van der Waals surface area contributed by atoms with Crippen LogP contribution in [0.1, 0.15) is 45.1 Å². The van der Waals surface area contributed by atoms with Crippen molar-refractivity contribution >= 4 is 12.0 Å². The Kier molecular flexibility index (Phi) is 5.41. The molecule has 5 nitrogen and oxygen atoms in total. The molecule has 3 N–H and O–H groups in total.